The van der Waals surface area contributed by atoms with Gasteiger partial charge in [0.2, 0.25) is 0 Å². The summed E-state index contributed by atoms with van der Waals surface area (Å²) < 4.78 is 41.8. The van der Waals surface area contributed by atoms with E-state index in [4.69, 9.17) is 11.6 Å². The second-order valence-corrected chi connectivity index (χ2v) is 7.33. The Labute approximate surface area is 160 Å². The van der Waals surface area contributed by atoms with Crippen LogP contribution in [0.2, 0.25) is 5.02 Å². The van der Waals surface area contributed by atoms with Crippen LogP contribution < -0.4 is 5.32 Å². The van der Waals surface area contributed by atoms with Gasteiger partial charge in [-0.25, -0.2) is 4.68 Å². The molecule has 0 bridgehead atoms. The number of amides is 1. The standard InChI is InChI=1S/C19H21ClF3N3O/c1-2-12-3-7-14(8-4-12)25-18(27)16-11-24-26(17(16)19(21,22)23)15-9-5-13(20)6-10-15/h5-6,9-12,14H,2-4,7-8H2,1H3,(H,25,27). The van der Waals surface area contributed by atoms with E-state index >= 15 is 0 Å². The number of hydrogen-bond acceptors (Lipinski definition) is 2. The largest absolute Gasteiger partial charge is 0.434 e. The zero-order valence-electron chi connectivity index (χ0n) is 14.9. The number of alkyl halides is 3. The lowest BCUT2D eigenvalue weighted by Crippen LogP contribution is -2.38. The quantitative estimate of drug-likeness (QED) is 0.763. The average molecular weight is 400 g/mol. The number of hydrogen-bond donors (Lipinski definition) is 1. The van der Waals surface area contributed by atoms with Gasteiger partial charge in [-0.15, -0.1) is 0 Å². The molecule has 146 valence electrons. The highest BCUT2D eigenvalue weighted by Gasteiger charge is 2.41. The minimum Gasteiger partial charge on any atom is -0.349 e. The second-order valence-electron chi connectivity index (χ2n) is 6.89. The van der Waals surface area contributed by atoms with Gasteiger partial charge in [-0.3, -0.25) is 4.79 Å². The fourth-order valence-electron chi connectivity index (χ4n) is 3.54. The zero-order valence-corrected chi connectivity index (χ0v) is 15.6. The lowest BCUT2D eigenvalue weighted by molar-refractivity contribution is -0.143. The number of carbonyl (C=O) groups excluding carboxylic acids is 1. The van der Waals surface area contributed by atoms with Crippen molar-refractivity contribution in [3.8, 4) is 5.69 Å². The van der Waals surface area contributed by atoms with Crippen LogP contribution in [0.25, 0.3) is 5.69 Å². The molecular weight excluding hydrogens is 379 g/mol. The van der Waals surface area contributed by atoms with E-state index in [-0.39, 0.29) is 11.7 Å². The molecule has 1 aromatic heterocycles. The monoisotopic (exact) mass is 399 g/mol. The van der Waals surface area contributed by atoms with Gasteiger partial charge in [-0.1, -0.05) is 24.9 Å². The molecule has 2 aromatic rings. The van der Waals surface area contributed by atoms with Crippen molar-refractivity contribution in [2.45, 2.75) is 51.2 Å². The van der Waals surface area contributed by atoms with Gasteiger partial charge >= 0.3 is 6.18 Å². The Kier molecular flexibility index (Phi) is 5.79. The van der Waals surface area contributed by atoms with Gasteiger partial charge in [0.25, 0.3) is 5.91 Å². The summed E-state index contributed by atoms with van der Waals surface area (Å²) in [6.07, 6.45) is 0.892. The molecule has 1 aliphatic carbocycles. The van der Waals surface area contributed by atoms with Gasteiger partial charge in [0, 0.05) is 11.1 Å². The van der Waals surface area contributed by atoms with E-state index in [0.29, 0.717) is 10.9 Å². The van der Waals surface area contributed by atoms with Gasteiger partial charge in [-0.2, -0.15) is 18.3 Å². The van der Waals surface area contributed by atoms with Crippen LogP contribution in [0.5, 0.6) is 0 Å². The van der Waals surface area contributed by atoms with E-state index in [1.54, 1.807) is 0 Å². The molecule has 0 spiro atoms. The van der Waals surface area contributed by atoms with Gasteiger partial charge in [0.05, 0.1) is 17.4 Å². The van der Waals surface area contributed by atoms with Crippen molar-refractivity contribution in [3.05, 3.63) is 46.7 Å². The highest BCUT2D eigenvalue weighted by Crippen LogP contribution is 2.34. The average Bonchev–Trinajstić information content (AvgIpc) is 3.09. The first-order valence-corrected chi connectivity index (χ1v) is 9.39. The van der Waals surface area contributed by atoms with Gasteiger partial charge in [0.1, 0.15) is 0 Å². The first-order valence-electron chi connectivity index (χ1n) is 9.01. The van der Waals surface area contributed by atoms with Crippen LogP contribution in [-0.4, -0.2) is 21.7 Å². The summed E-state index contributed by atoms with van der Waals surface area (Å²) >= 11 is 5.80. The Morgan fingerprint density at radius 3 is 2.41 bits per heavy atom. The molecule has 27 heavy (non-hydrogen) atoms. The Morgan fingerprint density at radius 2 is 1.85 bits per heavy atom. The summed E-state index contributed by atoms with van der Waals surface area (Å²) in [7, 11) is 0. The molecule has 4 nitrogen and oxygen atoms in total. The maximum absolute atomic E-state index is 13.7. The van der Waals surface area contributed by atoms with Crippen LogP contribution in [0.4, 0.5) is 13.2 Å². The third kappa shape index (κ3) is 4.46. The molecule has 3 rings (SSSR count). The summed E-state index contributed by atoms with van der Waals surface area (Å²) in [5.74, 6) is -0.0981. The van der Waals surface area contributed by atoms with E-state index in [1.807, 2.05) is 0 Å². The number of aromatic nitrogens is 2. The van der Waals surface area contributed by atoms with Crippen molar-refractivity contribution in [1.82, 2.24) is 15.1 Å². The molecule has 1 saturated carbocycles. The third-order valence-corrected chi connectivity index (χ3v) is 5.36. The highest BCUT2D eigenvalue weighted by atomic mass is 35.5. The van der Waals surface area contributed by atoms with Crippen LogP contribution in [0, 0.1) is 5.92 Å². The first kappa shape index (κ1) is 19.7. The van der Waals surface area contributed by atoms with E-state index in [0.717, 1.165) is 43.0 Å². The van der Waals surface area contributed by atoms with Crippen LogP contribution in [-0.2, 0) is 6.18 Å². The number of nitrogens with one attached hydrogen (secondary N) is 1. The molecule has 0 aliphatic heterocycles. The fourth-order valence-corrected chi connectivity index (χ4v) is 3.67. The maximum atomic E-state index is 13.7. The normalized spacial score (nSPS) is 20.5. The predicted molar refractivity (Wildman–Crippen MR) is 97.1 cm³/mol. The van der Waals surface area contributed by atoms with E-state index in [1.165, 1.54) is 24.3 Å². The van der Waals surface area contributed by atoms with Gasteiger partial charge in [-0.05, 0) is 55.9 Å². The Morgan fingerprint density at radius 1 is 1.22 bits per heavy atom. The van der Waals surface area contributed by atoms with Gasteiger partial charge < -0.3 is 5.32 Å². The number of carbonyl (C=O) groups is 1. The number of nitrogens with zero attached hydrogens (tertiary/aromatic N) is 2. The molecule has 0 saturated heterocycles. The Hall–Kier alpha value is -2.02. The molecule has 0 atom stereocenters. The molecule has 1 fully saturated rings. The smallest absolute Gasteiger partial charge is 0.349 e. The molecule has 1 N–H and O–H groups in total. The van der Waals surface area contributed by atoms with E-state index < -0.39 is 23.3 Å². The molecule has 1 aromatic carbocycles. The molecule has 8 heteroatoms. The second kappa shape index (κ2) is 7.92. The van der Waals surface area contributed by atoms with Crippen molar-refractivity contribution < 1.29 is 18.0 Å². The topological polar surface area (TPSA) is 46.9 Å². The lowest BCUT2D eigenvalue weighted by Gasteiger charge is -2.28. The molecular formula is C19H21ClF3N3O. The van der Waals surface area contributed by atoms with Crippen LogP contribution >= 0.6 is 11.6 Å². The van der Waals surface area contributed by atoms with Gasteiger partial charge in [0.15, 0.2) is 5.69 Å². The summed E-state index contributed by atoms with van der Waals surface area (Å²) in [6.45, 7) is 2.13. The van der Waals surface area contributed by atoms with Crippen molar-refractivity contribution in [2.75, 3.05) is 0 Å². The third-order valence-electron chi connectivity index (χ3n) is 5.11. The molecule has 1 amide bonds. The van der Waals surface area contributed by atoms with Crippen LogP contribution in [0.1, 0.15) is 55.1 Å². The molecule has 0 radical (unpaired) electrons. The highest BCUT2D eigenvalue weighted by molar-refractivity contribution is 6.30. The minimum absolute atomic E-state index is 0.0970. The summed E-state index contributed by atoms with van der Waals surface area (Å²) in [4.78, 5) is 12.5. The van der Waals surface area contributed by atoms with E-state index in [9.17, 15) is 18.0 Å². The molecule has 1 aliphatic rings. The summed E-state index contributed by atoms with van der Waals surface area (Å²) in [6, 6.07) is 5.71. The lowest BCUT2D eigenvalue weighted by atomic mass is 9.84. The van der Waals surface area contributed by atoms with Crippen molar-refractivity contribution in [1.29, 1.82) is 0 Å². The Bertz CT molecular complexity index is 794. The SMILES string of the molecule is CCC1CCC(NC(=O)c2cnn(-c3ccc(Cl)cc3)c2C(F)(F)F)CC1. The maximum Gasteiger partial charge on any atom is 0.434 e. The van der Waals surface area contributed by atoms with Crippen molar-refractivity contribution in [2.24, 2.45) is 5.92 Å². The molecule has 0 unspecified atom stereocenters. The number of halogens is 4. The van der Waals surface area contributed by atoms with E-state index in [2.05, 4.69) is 17.3 Å². The van der Waals surface area contributed by atoms with Crippen molar-refractivity contribution >= 4 is 17.5 Å². The number of benzene rings is 1. The summed E-state index contributed by atoms with van der Waals surface area (Å²) in [5.41, 5.74) is -1.35. The fraction of sp³-hybridized carbons (Fsp3) is 0.474. The molecule has 1 heterocycles. The van der Waals surface area contributed by atoms with Crippen LogP contribution in [0.15, 0.2) is 30.5 Å². The summed E-state index contributed by atoms with van der Waals surface area (Å²) in [5, 5.41) is 6.97. The predicted octanol–water partition coefficient (Wildman–Crippen LogP) is 5.24. The van der Waals surface area contributed by atoms with Crippen LogP contribution in [0.3, 0.4) is 0 Å². The minimum atomic E-state index is -4.72. The Balaban J connectivity index is 1.85. The van der Waals surface area contributed by atoms with Crippen molar-refractivity contribution in [3.63, 3.8) is 0 Å². The zero-order chi connectivity index (χ0) is 19.6. The number of rotatable bonds is 4. The first-order chi connectivity index (χ1) is 12.8.